The third kappa shape index (κ3) is 4.03. The molecule has 0 bridgehead atoms. The van der Waals surface area contributed by atoms with E-state index in [1.54, 1.807) is 7.11 Å². The first-order valence-corrected chi connectivity index (χ1v) is 6.09. The molecule has 1 aromatic rings. The van der Waals surface area contributed by atoms with Crippen molar-refractivity contribution in [2.45, 2.75) is 13.3 Å². The van der Waals surface area contributed by atoms with Gasteiger partial charge in [-0.1, -0.05) is 17.7 Å². The maximum absolute atomic E-state index is 5.70. The molecule has 0 aliphatic rings. The number of likely N-dealkylation sites (N-methyl/N-ethyl adjacent to an activating group) is 1. The van der Waals surface area contributed by atoms with Crippen LogP contribution in [0.4, 0.5) is 0 Å². The number of ether oxygens (including phenoxy) is 1. The summed E-state index contributed by atoms with van der Waals surface area (Å²) < 4.78 is 5.35. The van der Waals surface area contributed by atoms with Gasteiger partial charge in [0.25, 0.3) is 0 Å². The molecule has 0 amide bonds. The van der Waals surface area contributed by atoms with Crippen molar-refractivity contribution < 1.29 is 4.74 Å². The van der Waals surface area contributed by atoms with Crippen LogP contribution in [0.2, 0.25) is 0 Å². The van der Waals surface area contributed by atoms with Crippen molar-refractivity contribution in [1.82, 2.24) is 4.90 Å². The molecule has 0 spiro atoms. The van der Waals surface area contributed by atoms with E-state index in [1.807, 2.05) is 6.07 Å². The molecule has 0 aliphatic carbocycles. The lowest BCUT2D eigenvalue weighted by Crippen LogP contribution is -2.23. The Labute approximate surface area is 103 Å². The summed E-state index contributed by atoms with van der Waals surface area (Å²) in [6.07, 6.45) is 0.998. The topological polar surface area (TPSA) is 12.5 Å². The zero-order chi connectivity index (χ0) is 12.0. The first kappa shape index (κ1) is 13.3. The van der Waals surface area contributed by atoms with Gasteiger partial charge in [0.15, 0.2) is 0 Å². The molecule has 0 atom stereocenters. The van der Waals surface area contributed by atoms with Crippen LogP contribution in [-0.4, -0.2) is 38.0 Å². The number of hydrogen-bond donors (Lipinski definition) is 0. The van der Waals surface area contributed by atoms with Gasteiger partial charge < -0.3 is 9.64 Å². The number of aryl methyl sites for hydroxylation is 1. The van der Waals surface area contributed by atoms with E-state index >= 15 is 0 Å². The van der Waals surface area contributed by atoms with Crippen LogP contribution in [0.25, 0.3) is 0 Å². The van der Waals surface area contributed by atoms with Gasteiger partial charge in [0.1, 0.15) is 5.75 Å². The molecule has 0 fully saturated rings. The normalized spacial score (nSPS) is 10.8. The second kappa shape index (κ2) is 6.77. The number of nitrogens with zero attached hydrogens (tertiary/aromatic N) is 1. The van der Waals surface area contributed by atoms with E-state index in [1.165, 1.54) is 11.1 Å². The Bertz CT molecular complexity index is 328. The summed E-state index contributed by atoms with van der Waals surface area (Å²) in [5.74, 6) is 1.66. The molecule has 0 unspecified atom stereocenters. The summed E-state index contributed by atoms with van der Waals surface area (Å²) in [6.45, 7) is 4.04. The molecule has 0 aromatic heterocycles. The summed E-state index contributed by atoms with van der Waals surface area (Å²) in [6, 6.07) is 6.30. The summed E-state index contributed by atoms with van der Waals surface area (Å²) in [5, 5.41) is 0. The first-order chi connectivity index (χ1) is 7.67. The molecule has 3 heteroatoms. The Balaban J connectivity index is 2.61. The summed E-state index contributed by atoms with van der Waals surface area (Å²) in [4.78, 5) is 2.23. The van der Waals surface area contributed by atoms with E-state index in [-0.39, 0.29) is 0 Å². The average Bonchev–Trinajstić information content (AvgIpc) is 2.27. The largest absolute Gasteiger partial charge is 0.496 e. The molecule has 0 radical (unpaired) electrons. The number of halogens is 1. The van der Waals surface area contributed by atoms with Crippen molar-refractivity contribution in [2.75, 3.05) is 33.1 Å². The van der Waals surface area contributed by atoms with Crippen LogP contribution >= 0.6 is 11.6 Å². The highest BCUT2D eigenvalue weighted by atomic mass is 35.5. The lowest BCUT2D eigenvalue weighted by Gasteiger charge is -2.16. The van der Waals surface area contributed by atoms with Crippen LogP contribution in [0.3, 0.4) is 0 Å². The second-order valence-corrected chi connectivity index (χ2v) is 4.44. The molecular weight excluding hydrogens is 222 g/mol. The van der Waals surface area contributed by atoms with Gasteiger partial charge in [-0.15, -0.1) is 11.6 Å². The van der Waals surface area contributed by atoms with Gasteiger partial charge in [0, 0.05) is 19.0 Å². The minimum Gasteiger partial charge on any atom is -0.496 e. The number of benzene rings is 1. The third-order valence-electron chi connectivity index (χ3n) is 2.67. The van der Waals surface area contributed by atoms with E-state index < -0.39 is 0 Å². The highest BCUT2D eigenvalue weighted by Gasteiger charge is 2.04. The molecule has 1 rings (SSSR count). The standard InChI is InChI=1S/C13H20ClNO/c1-11-4-5-13(16-3)12(10-11)6-8-15(2)9-7-14/h4-5,10H,6-9H2,1-3H3. The van der Waals surface area contributed by atoms with Gasteiger partial charge >= 0.3 is 0 Å². The minimum absolute atomic E-state index is 0.682. The number of hydrogen-bond acceptors (Lipinski definition) is 2. The van der Waals surface area contributed by atoms with Crippen LogP contribution in [0.1, 0.15) is 11.1 Å². The number of alkyl halides is 1. The Morgan fingerprint density at radius 2 is 2.06 bits per heavy atom. The molecule has 0 N–H and O–H groups in total. The lowest BCUT2D eigenvalue weighted by atomic mass is 10.1. The van der Waals surface area contributed by atoms with Crippen molar-refractivity contribution in [3.05, 3.63) is 29.3 Å². The molecule has 1 aromatic carbocycles. The van der Waals surface area contributed by atoms with E-state index in [2.05, 4.69) is 31.0 Å². The van der Waals surface area contributed by atoms with Crippen molar-refractivity contribution in [3.63, 3.8) is 0 Å². The Morgan fingerprint density at radius 3 is 2.69 bits per heavy atom. The zero-order valence-electron chi connectivity index (χ0n) is 10.3. The van der Waals surface area contributed by atoms with Crippen molar-refractivity contribution in [2.24, 2.45) is 0 Å². The predicted octanol–water partition coefficient (Wildman–Crippen LogP) is 2.72. The first-order valence-electron chi connectivity index (χ1n) is 5.55. The Morgan fingerprint density at radius 1 is 1.31 bits per heavy atom. The van der Waals surface area contributed by atoms with Crippen LogP contribution in [0, 0.1) is 6.92 Å². The predicted molar refractivity (Wildman–Crippen MR) is 69.7 cm³/mol. The van der Waals surface area contributed by atoms with Gasteiger partial charge in [-0.3, -0.25) is 0 Å². The molecule has 90 valence electrons. The molecular formula is C13H20ClNO. The fourth-order valence-corrected chi connectivity index (χ4v) is 1.96. The fraction of sp³-hybridized carbons (Fsp3) is 0.538. The van der Waals surface area contributed by atoms with Gasteiger partial charge in [-0.25, -0.2) is 0 Å². The highest BCUT2D eigenvalue weighted by molar-refractivity contribution is 6.18. The van der Waals surface area contributed by atoms with Gasteiger partial charge in [-0.2, -0.15) is 0 Å². The summed E-state index contributed by atoms with van der Waals surface area (Å²) in [7, 11) is 3.81. The maximum Gasteiger partial charge on any atom is 0.122 e. The Kier molecular flexibility index (Phi) is 5.64. The maximum atomic E-state index is 5.70. The Hall–Kier alpha value is -0.730. The summed E-state index contributed by atoms with van der Waals surface area (Å²) >= 11 is 5.70. The van der Waals surface area contributed by atoms with Crippen LogP contribution in [-0.2, 0) is 6.42 Å². The summed E-state index contributed by atoms with van der Waals surface area (Å²) in [5.41, 5.74) is 2.54. The fourth-order valence-electron chi connectivity index (χ4n) is 1.67. The van der Waals surface area contributed by atoms with Gasteiger partial charge in [0.2, 0.25) is 0 Å². The van der Waals surface area contributed by atoms with Gasteiger partial charge in [0.05, 0.1) is 7.11 Å². The van der Waals surface area contributed by atoms with E-state index in [0.29, 0.717) is 5.88 Å². The molecule has 16 heavy (non-hydrogen) atoms. The molecule has 2 nitrogen and oxygen atoms in total. The van der Waals surface area contributed by atoms with Crippen LogP contribution < -0.4 is 4.74 Å². The zero-order valence-corrected chi connectivity index (χ0v) is 11.0. The second-order valence-electron chi connectivity index (χ2n) is 4.06. The van der Waals surface area contributed by atoms with Crippen LogP contribution in [0.5, 0.6) is 5.75 Å². The van der Waals surface area contributed by atoms with E-state index in [4.69, 9.17) is 16.3 Å². The van der Waals surface area contributed by atoms with Gasteiger partial charge in [-0.05, 0) is 32.0 Å². The van der Waals surface area contributed by atoms with Crippen molar-refractivity contribution in [1.29, 1.82) is 0 Å². The monoisotopic (exact) mass is 241 g/mol. The van der Waals surface area contributed by atoms with Crippen molar-refractivity contribution in [3.8, 4) is 5.75 Å². The minimum atomic E-state index is 0.682. The highest BCUT2D eigenvalue weighted by Crippen LogP contribution is 2.20. The molecule has 0 aliphatic heterocycles. The lowest BCUT2D eigenvalue weighted by molar-refractivity contribution is 0.354. The van der Waals surface area contributed by atoms with E-state index in [9.17, 15) is 0 Å². The van der Waals surface area contributed by atoms with E-state index in [0.717, 1.165) is 25.3 Å². The number of methoxy groups -OCH3 is 1. The van der Waals surface area contributed by atoms with Crippen molar-refractivity contribution >= 4 is 11.6 Å². The smallest absolute Gasteiger partial charge is 0.122 e. The number of rotatable bonds is 6. The third-order valence-corrected chi connectivity index (χ3v) is 2.83. The average molecular weight is 242 g/mol. The van der Waals surface area contributed by atoms with Crippen LogP contribution in [0.15, 0.2) is 18.2 Å². The molecule has 0 saturated carbocycles. The molecule has 0 heterocycles. The quantitative estimate of drug-likeness (QED) is 0.711. The molecule has 0 saturated heterocycles. The SMILES string of the molecule is COc1ccc(C)cc1CCN(C)CCCl.